The van der Waals surface area contributed by atoms with E-state index in [9.17, 15) is 9.59 Å². The number of hydrogen-bond donors (Lipinski definition) is 3. The zero-order valence-corrected chi connectivity index (χ0v) is 27.4. The van der Waals surface area contributed by atoms with Crippen molar-refractivity contribution in [1.29, 1.82) is 0 Å². The van der Waals surface area contributed by atoms with Crippen LogP contribution in [0.3, 0.4) is 0 Å². The Kier molecular flexibility index (Phi) is 11.8. The zero-order chi connectivity index (χ0) is 28.5. The molecule has 8 heteroatoms. The fourth-order valence-corrected chi connectivity index (χ4v) is 5.95. The first kappa shape index (κ1) is 30.9. The molecule has 0 saturated carbocycles. The third kappa shape index (κ3) is 8.74. The molecule has 1 aliphatic rings. The third-order valence-electron chi connectivity index (χ3n) is 7.28. The molecule has 2 atom stereocenters. The van der Waals surface area contributed by atoms with E-state index in [0.717, 1.165) is 20.1 Å². The van der Waals surface area contributed by atoms with Gasteiger partial charge in [-0.3, -0.25) is 9.59 Å². The summed E-state index contributed by atoms with van der Waals surface area (Å²) < 4.78 is 2.18. The Hall–Kier alpha value is -2.02. The highest BCUT2D eigenvalue weighted by Gasteiger charge is 2.32. The highest BCUT2D eigenvalue weighted by Crippen LogP contribution is 2.27. The molecule has 4 rings (SSSR count). The Labute approximate surface area is 265 Å². The van der Waals surface area contributed by atoms with Gasteiger partial charge in [0.05, 0.1) is 6.04 Å². The second-order valence-corrected chi connectivity index (χ2v) is 12.9. The van der Waals surface area contributed by atoms with Gasteiger partial charge in [-0.1, -0.05) is 74.5 Å². The molecule has 1 saturated heterocycles. The summed E-state index contributed by atoms with van der Waals surface area (Å²) in [4.78, 5) is 28.9. The van der Waals surface area contributed by atoms with Crippen LogP contribution in [0.15, 0.2) is 78.9 Å². The van der Waals surface area contributed by atoms with Gasteiger partial charge in [0.15, 0.2) is 0 Å². The van der Waals surface area contributed by atoms with Crippen LogP contribution in [0.4, 0.5) is 0 Å². The lowest BCUT2D eigenvalue weighted by atomic mass is 9.90. The molecule has 40 heavy (non-hydrogen) atoms. The van der Waals surface area contributed by atoms with E-state index in [-0.39, 0.29) is 29.8 Å². The normalized spacial score (nSPS) is 17.8. The van der Waals surface area contributed by atoms with E-state index in [2.05, 4.69) is 124 Å². The lowest BCUT2D eigenvalue weighted by molar-refractivity contribution is -0.133. The molecule has 212 valence electrons. The number of halogens is 2. The summed E-state index contributed by atoms with van der Waals surface area (Å²) in [5.74, 6) is 0.124. The Morgan fingerprint density at radius 1 is 0.975 bits per heavy atom. The second-order valence-electron chi connectivity index (χ2n) is 10.6. The third-order valence-corrected chi connectivity index (χ3v) is 10.1. The fourth-order valence-electron chi connectivity index (χ4n) is 5.10. The molecule has 1 aliphatic heterocycles. The van der Waals surface area contributed by atoms with E-state index in [1.807, 2.05) is 35.2 Å². The van der Waals surface area contributed by atoms with Crippen molar-refractivity contribution in [1.82, 2.24) is 20.9 Å². The molecule has 3 aromatic rings. The van der Waals surface area contributed by atoms with Crippen molar-refractivity contribution in [3.05, 3.63) is 103 Å². The second kappa shape index (κ2) is 15.3. The van der Waals surface area contributed by atoms with Crippen LogP contribution in [0, 0.1) is 7.14 Å². The van der Waals surface area contributed by atoms with E-state index in [1.54, 1.807) is 0 Å². The lowest BCUT2D eigenvalue weighted by Gasteiger charge is -2.29. The van der Waals surface area contributed by atoms with Gasteiger partial charge in [-0.2, -0.15) is 0 Å². The monoisotopic (exact) mass is 764 g/mol. The molecule has 1 heterocycles. The van der Waals surface area contributed by atoms with Gasteiger partial charge in [0.1, 0.15) is 0 Å². The van der Waals surface area contributed by atoms with Crippen molar-refractivity contribution < 1.29 is 9.59 Å². The number of nitrogens with one attached hydrogen (secondary N) is 3. The smallest absolute Gasteiger partial charge is 0.251 e. The van der Waals surface area contributed by atoms with Gasteiger partial charge < -0.3 is 20.9 Å². The van der Waals surface area contributed by atoms with Gasteiger partial charge in [-0.05, 0) is 93.9 Å². The number of hydrogen-bond acceptors (Lipinski definition) is 4. The molecule has 3 N–H and O–H groups in total. The van der Waals surface area contributed by atoms with Gasteiger partial charge in [0.2, 0.25) is 5.91 Å². The van der Waals surface area contributed by atoms with Crippen LogP contribution in [0.2, 0.25) is 0 Å². The number of nitrogens with zero attached hydrogens (tertiary/aromatic N) is 1. The first-order chi connectivity index (χ1) is 19.3. The predicted octanol–water partition coefficient (Wildman–Crippen LogP) is 5.40. The van der Waals surface area contributed by atoms with Crippen molar-refractivity contribution >= 4 is 57.0 Å². The number of benzene rings is 3. The van der Waals surface area contributed by atoms with Crippen LogP contribution in [0.1, 0.15) is 54.1 Å². The molecular weight excluding hydrogens is 726 g/mol. The lowest BCUT2D eigenvalue weighted by Crippen LogP contribution is -2.50. The Morgan fingerprint density at radius 3 is 2.23 bits per heavy atom. The number of carbonyl (C=O) groups excluding carboxylic acids is 2. The van der Waals surface area contributed by atoms with E-state index < -0.39 is 0 Å². The standard InChI is InChI=1S/C32H38I2N4O2/c1-22(2)35-17-15-30-32(40)38(21-27(23-9-5-3-6-10-23)24-11-7-4-8-12-24)18-16-26(37-30)20-36-31(39)25-13-14-28(33)29(34)19-25/h3-14,19,22,26-27,30,35,37H,15-18,20-21H2,1-2H3,(H,36,39)/t26-,30-/m0/s1. The molecule has 1 fully saturated rings. The number of rotatable bonds is 11. The van der Waals surface area contributed by atoms with E-state index in [0.29, 0.717) is 37.7 Å². The van der Waals surface area contributed by atoms with Gasteiger partial charge in [-0.15, -0.1) is 0 Å². The number of carbonyl (C=O) groups is 2. The zero-order valence-electron chi connectivity index (χ0n) is 23.1. The van der Waals surface area contributed by atoms with E-state index in [4.69, 9.17) is 0 Å². The van der Waals surface area contributed by atoms with Gasteiger partial charge in [0.25, 0.3) is 5.91 Å². The summed E-state index contributed by atoms with van der Waals surface area (Å²) in [5, 5.41) is 10.2. The molecule has 2 amide bonds. The highest BCUT2D eigenvalue weighted by molar-refractivity contribution is 14.1. The average Bonchev–Trinajstić information content (AvgIpc) is 3.10. The minimum atomic E-state index is -0.317. The highest BCUT2D eigenvalue weighted by atomic mass is 127. The Balaban J connectivity index is 1.50. The fraction of sp³-hybridized carbons (Fsp3) is 0.375. The average molecular weight is 764 g/mol. The molecule has 6 nitrogen and oxygen atoms in total. The predicted molar refractivity (Wildman–Crippen MR) is 179 cm³/mol. The quantitative estimate of drug-likeness (QED) is 0.229. The van der Waals surface area contributed by atoms with Crippen LogP contribution in [0.5, 0.6) is 0 Å². The topological polar surface area (TPSA) is 73.5 Å². The summed E-state index contributed by atoms with van der Waals surface area (Å²) in [6, 6.07) is 26.6. The Morgan fingerprint density at radius 2 is 1.62 bits per heavy atom. The molecule has 0 aromatic heterocycles. The van der Waals surface area contributed by atoms with E-state index >= 15 is 0 Å². The summed E-state index contributed by atoms with van der Waals surface area (Å²) in [7, 11) is 0. The van der Waals surface area contributed by atoms with Crippen molar-refractivity contribution in [2.75, 3.05) is 26.2 Å². The van der Waals surface area contributed by atoms with Crippen LogP contribution in [-0.4, -0.2) is 61.0 Å². The number of amides is 2. The maximum atomic E-state index is 13.9. The molecule has 0 bridgehead atoms. The molecule has 3 aromatic carbocycles. The van der Waals surface area contributed by atoms with Crippen molar-refractivity contribution in [2.24, 2.45) is 0 Å². The van der Waals surface area contributed by atoms with Crippen molar-refractivity contribution in [3.8, 4) is 0 Å². The summed E-state index contributed by atoms with van der Waals surface area (Å²) in [5.41, 5.74) is 3.06. The molecule has 0 radical (unpaired) electrons. The molecular formula is C32H38I2N4O2. The molecule has 0 aliphatic carbocycles. The van der Waals surface area contributed by atoms with E-state index in [1.165, 1.54) is 11.1 Å². The minimum absolute atomic E-state index is 0.00299. The SMILES string of the molecule is CC(C)NCC[C@@H]1N[C@H](CNC(=O)c2ccc(I)c(I)c2)CCN(CC(c2ccccc2)c2ccccc2)C1=O. The largest absolute Gasteiger partial charge is 0.350 e. The van der Waals surface area contributed by atoms with Gasteiger partial charge in [-0.25, -0.2) is 0 Å². The van der Waals surface area contributed by atoms with Gasteiger partial charge in [0, 0.05) is 50.3 Å². The van der Waals surface area contributed by atoms with Crippen molar-refractivity contribution in [3.63, 3.8) is 0 Å². The summed E-state index contributed by atoms with van der Waals surface area (Å²) >= 11 is 4.52. The van der Waals surface area contributed by atoms with Crippen LogP contribution in [-0.2, 0) is 4.79 Å². The van der Waals surface area contributed by atoms with Crippen LogP contribution < -0.4 is 16.0 Å². The first-order valence-electron chi connectivity index (χ1n) is 13.9. The maximum absolute atomic E-state index is 13.9. The Bertz CT molecular complexity index is 1220. The summed E-state index contributed by atoms with van der Waals surface area (Å²) in [6.45, 7) is 6.69. The van der Waals surface area contributed by atoms with Crippen molar-refractivity contribution in [2.45, 2.75) is 50.7 Å². The summed E-state index contributed by atoms with van der Waals surface area (Å²) in [6.07, 6.45) is 1.45. The first-order valence-corrected chi connectivity index (χ1v) is 16.1. The minimum Gasteiger partial charge on any atom is -0.350 e. The van der Waals surface area contributed by atoms with Crippen LogP contribution in [0.25, 0.3) is 0 Å². The molecule has 0 unspecified atom stereocenters. The van der Waals surface area contributed by atoms with Gasteiger partial charge >= 0.3 is 0 Å². The maximum Gasteiger partial charge on any atom is 0.251 e. The van der Waals surface area contributed by atoms with Crippen LogP contribution >= 0.6 is 45.2 Å². The molecule has 0 spiro atoms.